The van der Waals surface area contributed by atoms with E-state index in [9.17, 15) is 9.90 Å². The zero-order valence-corrected chi connectivity index (χ0v) is 14.3. The van der Waals surface area contributed by atoms with E-state index in [-0.39, 0.29) is 24.5 Å². The van der Waals surface area contributed by atoms with E-state index >= 15 is 0 Å². The fourth-order valence-corrected chi connectivity index (χ4v) is 3.61. The average molecular weight is 356 g/mol. The van der Waals surface area contributed by atoms with Crippen LogP contribution in [-0.2, 0) is 11.3 Å². The second-order valence-electron chi connectivity index (χ2n) is 6.49. The number of nitrogen functional groups attached to an aromatic ring is 1. The Hall–Kier alpha value is -3.01. The molecule has 0 radical (unpaired) electrons. The van der Waals surface area contributed by atoms with Crippen LogP contribution in [0.5, 0.6) is 0 Å². The molecule has 0 unspecified atom stereocenters. The lowest BCUT2D eigenvalue weighted by Crippen LogP contribution is -2.44. The van der Waals surface area contributed by atoms with Gasteiger partial charge in [0.15, 0.2) is 11.5 Å². The fourth-order valence-electron chi connectivity index (χ4n) is 3.61. The first kappa shape index (κ1) is 16.5. The van der Waals surface area contributed by atoms with E-state index in [1.54, 1.807) is 41.4 Å². The summed E-state index contributed by atoms with van der Waals surface area (Å²) < 4.78 is 3.39. The van der Waals surface area contributed by atoms with Crippen molar-refractivity contribution < 1.29 is 9.90 Å². The van der Waals surface area contributed by atoms with Crippen LogP contribution in [0.15, 0.2) is 31.1 Å². The molecular formula is C16H20N8O2. The van der Waals surface area contributed by atoms with Gasteiger partial charge in [-0.25, -0.2) is 15.0 Å². The third-order valence-electron chi connectivity index (χ3n) is 5.04. The molecule has 10 heteroatoms. The first-order valence-corrected chi connectivity index (χ1v) is 8.40. The van der Waals surface area contributed by atoms with Crippen molar-refractivity contribution in [3.63, 3.8) is 0 Å². The van der Waals surface area contributed by atoms with E-state index in [0.29, 0.717) is 29.8 Å². The molecule has 1 aliphatic rings. The second-order valence-corrected chi connectivity index (χ2v) is 6.49. The highest BCUT2D eigenvalue weighted by Gasteiger charge is 2.40. The summed E-state index contributed by atoms with van der Waals surface area (Å²) in [5.74, 6) is 0.213. The number of aliphatic hydroxyl groups excluding tert-OH is 1. The van der Waals surface area contributed by atoms with Crippen LogP contribution in [0.1, 0.15) is 18.9 Å². The number of carbonyl (C=O) groups excluding carboxylic acids is 1. The first-order valence-electron chi connectivity index (χ1n) is 8.40. The van der Waals surface area contributed by atoms with Gasteiger partial charge in [-0.05, 0) is 18.9 Å². The molecule has 1 amide bonds. The van der Waals surface area contributed by atoms with Crippen LogP contribution in [-0.4, -0.2) is 64.4 Å². The zero-order valence-electron chi connectivity index (χ0n) is 14.3. The predicted octanol–water partition coefficient (Wildman–Crippen LogP) is -0.172. The number of hydrogen-bond donors (Lipinski definition) is 2. The molecule has 3 atom stereocenters. The van der Waals surface area contributed by atoms with Gasteiger partial charge in [-0.1, -0.05) is 0 Å². The maximum absolute atomic E-state index is 12.5. The molecular weight excluding hydrogens is 336 g/mol. The number of carbonyl (C=O) groups is 1. The summed E-state index contributed by atoms with van der Waals surface area (Å²) in [4.78, 5) is 26.5. The molecule has 10 nitrogen and oxygen atoms in total. The van der Waals surface area contributed by atoms with E-state index in [1.165, 1.54) is 6.33 Å². The van der Waals surface area contributed by atoms with E-state index in [0.717, 1.165) is 0 Å². The minimum absolute atomic E-state index is 0.0968. The Kier molecular flexibility index (Phi) is 4.03. The summed E-state index contributed by atoms with van der Waals surface area (Å²) in [6, 6.07) is 1.27. The molecule has 1 saturated carbocycles. The SMILES string of the molecule is CN(C(=O)Cn1cccn1)[C@@H]1CC[C@H](n2cnc3c(N)ncnc32)[C@H]1O. The largest absolute Gasteiger partial charge is 0.389 e. The highest BCUT2D eigenvalue weighted by molar-refractivity contribution is 5.81. The highest BCUT2D eigenvalue weighted by Crippen LogP contribution is 2.35. The van der Waals surface area contributed by atoms with E-state index in [1.807, 2.05) is 4.57 Å². The van der Waals surface area contributed by atoms with Gasteiger partial charge < -0.3 is 20.3 Å². The van der Waals surface area contributed by atoms with Crippen LogP contribution >= 0.6 is 0 Å². The summed E-state index contributed by atoms with van der Waals surface area (Å²) >= 11 is 0. The van der Waals surface area contributed by atoms with Crippen LogP contribution in [0.2, 0.25) is 0 Å². The number of fused-ring (bicyclic) bond motifs is 1. The molecule has 26 heavy (non-hydrogen) atoms. The van der Waals surface area contributed by atoms with Crippen molar-refractivity contribution in [1.82, 2.24) is 34.2 Å². The Bertz CT molecular complexity index is 922. The van der Waals surface area contributed by atoms with E-state index in [2.05, 4.69) is 20.1 Å². The Morgan fingerprint density at radius 2 is 2.23 bits per heavy atom. The van der Waals surface area contributed by atoms with Gasteiger partial charge >= 0.3 is 0 Å². The minimum atomic E-state index is -0.727. The van der Waals surface area contributed by atoms with Crippen LogP contribution in [0.25, 0.3) is 11.2 Å². The molecule has 136 valence electrons. The predicted molar refractivity (Wildman–Crippen MR) is 92.8 cm³/mol. The molecule has 1 fully saturated rings. The Balaban J connectivity index is 1.53. The molecule has 3 N–H and O–H groups in total. The number of amides is 1. The minimum Gasteiger partial charge on any atom is -0.389 e. The van der Waals surface area contributed by atoms with Crippen LogP contribution in [0.3, 0.4) is 0 Å². The number of imidazole rings is 1. The summed E-state index contributed by atoms with van der Waals surface area (Å²) in [7, 11) is 1.72. The maximum atomic E-state index is 12.5. The van der Waals surface area contributed by atoms with Crippen molar-refractivity contribution in [1.29, 1.82) is 0 Å². The van der Waals surface area contributed by atoms with E-state index in [4.69, 9.17) is 5.73 Å². The van der Waals surface area contributed by atoms with Gasteiger partial charge in [-0.2, -0.15) is 5.10 Å². The molecule has 3 aromatic rings. The van der Waals surface area contributed by atoms with Gasteiger partial charge in [0.05, 0.1) is 24.5 Å². The number of nitrogens with zero attached hydrogens (tertiary/aromatic N) is 7. The molecule has 0 bridgehead atoms. The van der Waals surface area contributed by atoms with Gasteiger partial charge in [-0.15, -0.1) is 0 Å². The lowest BCUT2D eigenvalue weighted by atomic mass is 10.1. The number of hydrogen-bond acceptors (Lipinski definition) is 7. The summed E-state index contributed by atoms with van der Waals surface area (Å²) in [6.45, 7) is 0.148. The van der Waals surface area contributed by atoms with Gasteiger partial charge in [0.1, 0.15) is 18.4 Å². The van der Waals surface area contributed by atoms with Crippen molar-refractivity contribution in [2.45, 2.75) is 37.6 Å². The van der Waals surface area contributed by atoms with Crippen LogP contribution in [0, 0.1) is 0 Å². The number of rotatable bonds is 4. The number of nitrogens with two attached hydrogens (primary N) is 1. The van der Waals surface area contributed by atoms with Gasteiger partial charge in [0.25, 0.3) is 0 Å². The fraction of sp³-hybridized carbons (Fsp3) is 0.438. The number of aromatic nitrogens is 6. The van der Waals surface area contributed by atoms with Gasteiger partial charge in [-0.3, -0.25) is 9.48 Å². The first-order chi connectivity index (χ1) is 12.6. The van der Waals surface area contributed by atoms with Crippen molar-refractivity contribution in [3.05, 3.63) is 31.1 Å². The summed E-state index contributed by atoms with van der Waals surface area (Å²) in [6.07, 6.45) is 7.04. The molecule has 0 aliphatic heterocycles. The van der Waals surface area contributed by atoms with Crippen LogP contribution < -0.4 is 5.73 Å². The average Bonchev–Trinajstić information content (AvgIpc) is 3.34. The molecule has 4 rings (SSSR count). The standard InChI is InChI=1S/C16H20N8O2/c1-22(12(25)7-23-6-2-5-21-23)10-3-4-11(14(10)26)24-9-20-13-15(17)18-8-19-16(13)24/h2,5-6,8-11,14,26H,3-4,7H2,1H3,(H2,17,18,19)/t10-,11+,14+/m1/s1. The molecule has 0 spiro atoms. The van der Waals surface area contributed by atoms with Crippen molar-refractivity contribution in [2.75, 3.05) is 12.8 Å². The normalized spacial score (nSPS) is 22.8. The van der Waals surface area contributed by atoms with Crippen molar-refractivity contribution in [2.24, 2.45) is 0 Å². The van der Waals surface area contributed by atoms with Gasteiger partial charge in [0, 0.05) is 19.4 Å². The molecule has 3 aromatic heterocycles. The topological polar surface area (TPSA) is 128 Å². The third kappa shape index (κ3) is 2.68. The number of anilines is 1. The maximum Gasteiger partial charge on any atom is 0.244 e. The van der Waals surface area contributed by atoms with Crippen molar-refractivity contribution in [3.8, 4) is 0 Å². The second kappa shape index (κ2) is 6.37. The molecule has 1 aliphatic carbocycles. The summed E-state index contributed by atoms with van der Waals surface area (Å²) in [5, 5.41) is 14.9. The summed E-state index contributed by atoms with van der Waals surface area (Å²) in [5.41, 5.74) is 6.94. The smallest absolute Gasteiger partial charge is 0.244 e. The number of aliphatic hydroxyl groups is 1. The molecule has 3 heterocycles. The monoisotopic (exact) mass is 356 g/mol. The Labute approximate surface area is 149 Å². The zero-order chi connectivity index (χ0) is 18.3. The van der Waals surface area contributed by atoms with Crippen LogP contribution in [0.4, 0.5) is 5.82 Å². The van der Waals surface area contributed by atoms with E-state index < -0.39 is 6.10 Å². The lowest BCUT2D eigenvalue weighted by Gasteiger charge is -2.29. The Morgan fingerprint density at radius 3 is 3.00 bits per heavy atom. The Morgan fingerprint density at radius 1 is 1.38 bits per heavy atom. The highest BCUT2D eigenvalue weighted by atomic mass is 16.3. The van der Waals surface area contributed by atoms with Crippen molar-refractivity contribution >= 4 is 22.9 Å². The number of likely N-dealkylation sites (N-methyl/N-ethyl adjacent to an activating group) is 1. The molecule has 0 aromatic carbocycles. The lowest BCUT2D eigenvalue weighted by molar-refractivity contribution is -0.134. The molecule has 0 saturated heterocycles. The third-order valence-corrected chi connectivity index (χ3v) is 5.04. The van der Waals surface area contributed by atoms with Gasteiger partial charge in [0.2, 0.25) is 5.91 Å². The quantitative estimate of drug-likeness (QED) is 0.664.